The first-order chi connectivity index (χ1) is 12.0. The van der Waals surface area contributed by atoms with Gasteiger partial charge in [0.2, 0.25) is 0 Å². The average Bonchev–Trinajstić information content (AvgIpc) is 2.97. The topological polar surface area (TPSA) is 47.0 Å². The number of nitrogens with zero attached hydrogens (tertiary/aromatic N) is 5. The number of hydrogen-bond acceptors (Lipinski definition) is 4. The van der Waals surface area contributed by atoms with E-state index in [9.17, 15) is 0 Å². The second kappa shape index (κ2) is 9.21. The quantitative estimate of drug-likeness (QED) is 0.416. The summed E-state index contributed by atoms with van der Waals surface area (Å²) in [6.45, 7) is 11.9. The standard InChI is InChI=1S/C19H32N6.HI/c1-19(2)7-8-25(15-19)18(20-3)22-14-16-5-6-17(21-13-16)24-11-9-23(4)10-12-24;/h5-6,13H,7-12,14-15H2,1-4H3,(H,20,22);1H. The third kappa shape index (κ3) is 5.45. The smallest absolute Gasteiger partial charge is 0.193 e. The van der Waals surface area contributed by atoms with Crippen LogP contribution < -0.4 is 10.2 Å². The minimum Gasteiger partial charge on any atom is -0.354 e. The summed E-state index contributed by atoms with van der Waals surface area (Å²) in [4.78, 5) is 16.2. The van der Waals surface area contributed by atoms with Crippen molar-refractivity contribution in [1.29, 1.82) is 0 Å². The Balaban J connectivity index is 0.00000243. The van der Waals surface area contributed by atoms with Crippen LogP contribution in [0.25, 0.3) is 0 Å². The number of likely N-dealkylation sites (tertiary alicyclic amines) is 1. The van der Waals surface area contributed by atoms with Crippen LogP contribution in [0, 0.1) is 5.41 Å². The fourth-order valence-corrected chi connectivity index (χ4v) is 3.55. The molecule has 26 heavy (non-hydrogen) atoms. The monoisotopic (exact) mass is 472 g/mol. The largest absolute Gasteiger partial charge is 0.354 e. The van der Waals surface area contributed by atoms with Crippen molar-refractivity contribution in [3.63, 3.8) is 0 Å². The number of piperazine rings is 1. The lowest BCUT2D eigenvalue weighted by Gasteiger charge is -2.33. The Morgan fingerprint density at radius 1 is 1.19 bits per heavy atom. The zero-order valence-corrected chi connectivity index (χ0v) is 18.9. The van der Waals surface area contributed by atoms with Crippen LogP contribution in [0.4, 0.5) is 5.82 Å². The summed E-state index contributed by atoms with van der Waals surface area (Å²) in [5.74, 6) is 2.08. The maximum absolute atomic E-state index is 4.67. The second-order valence-corrected chi connectivity index (χ2v) is 8.05. The maximum atomic E-state index is 4.67. The van der Waals surface area contributed by atoms with E-state index in [1.165, 1.54) is 12.0 Å². The number of guanidine groups is 1. The van der Waals surface area contributed by atoms with E-state index >= 15 is 0 Å². The molecule has 0 bridgehead atoms. The first-order valence-corrected chi connectivity index (χ1v) is 9.31. The number of halogens is 1. The van der Waals surface area contributed by atoms with Crippen molar-refractivity contribution in [2.24, 2.45) is 10.4 Å². The molecule has 0 aliphatic carbocycles. The summed E-state index contributed by atoms with van der Waals surface area (Å²) in [5.41, 5.74) is 1.57. The number of anilines is 1. The average molecular weight is 472 g/mol. The first kappa shape index (κ1) is 21.2. The molecule has 1 N–H and O–H groups in total. The van der Waals surface area contributed by atoms with Gasteiger partial charge in [-0.15, -0.1) is 24.0 Å². The molecule has 0 amide bonds. The molecule has 0 unspecified atom stereocenters. The van der Waals surface area contributed by atoms with Gasteiger partial charge in [0.1, 0.15) is 5.82 Å². The van der Waals surface area contributed by atoms with E-state index < -0.39 is 0 Å². The fraction of sp³-hybridized carbons (Fsp3) is 0.684. The highest BCUT2D eigenvalue weighted by Gasteiger charge is 2.30. The SMILES string of the molecule is CN=C(NCc1ccc(N2CCN(C)CC2)nc1)N1CCC(C)(C)C1.I. The molecule has 2 saturated heterocycles. The molecule has 1 aromatic rings. The van der Waals surface area contributed by atoms with E-state index in [0.717, 1.165) is 57.6 Å². The predicted octanol–water partition coefficient (Wildman–Crippen LogP) is 2.26. The fourth-order valence-electron chi connectivity index (χ4n) is 3.55. The lowest BCUT2D eigenvalue weighted by molar-refractivity contribution is 0.312. The summed E-state index contributed by atoms with van der Waals surface area (Å²) in [6, 6.07) is 4.32. The van der Waals surface area contributed by atoms with E-state index in [4.69, 9.17) is 0 Å². The van der Waals surface area contributed by atoms with E-state index in [1.807, 2.05) is 13.2 Å². The molecule has 0 saturated carbocycles. The van der Waals surface area contributed by atoms with Gasteiger partial charge in [-0.25, -0.2) is 4.98 Å². The van der Waals surface area contributed by atoms with Crippen molar-refractivity contribution < 1.29 is 0 Å². The minimum absolute atomic E-state index is 0. The second-order valence-electron chi connectivity index (χ2n) is 8.05. The van der Waals surface area contributed by atoms with Crippen molar-refractivity contribution in [3.8, 4) is 0 Å². The number of aliphatic imine (C=N–C) groups is 1. The maximum Gasteiger partial charge on any atom is 0.193 e. The highest BCUT2D eigenvalue weighted by molar-refractivity contribution is 14.0. The Labute approximate surface area is 175 Å². The lowest BCUT2D eigenvalue weighted by atomic mass is 9.93. The molecule has 146 valence electrons. The van der Waals surface area contributed by atoms with Crippen molar-refractivity contribution >= 4 is 35.8 Å². The van der Waals surface area contributed by atoms with Crippen molar-refractivity contribution in [3.05, 3.63) is 23.9 Å². The Kier molecular flexibility index (Phi) is 7.52. The molecule has 2 aliphatic rings. The van der Waals surface area contributed by atoms with Gasteiger partial charge in [-0.3, -0.25) is 4.99 Å². The molecule has 0 spiro atoms. The molecule has 3 heterocycles. The van der Waals surface area contributed by atoms with Gasteiger partial charge in [0.25, 0.3) is 0 Å². The summed E-state index contributed by atoms with van der Waals surface area (Å²) < 4.78 is 0. The van der Waals surface area contributed by atoms with Crippen LogP contribution in [-0.2, 0) is 6.54 Å². The molecule has 6 nitrogen and oxygen atoms in total. The molecule has 0 atom stereocenters. The van der Waals surface area contributed by atoms with Gasteiger partial charge >= 0.3 is 0 Å². The van der Waals surface area contributed by atoms with Crippen LogP contribution in [0.1, 0.15) is 25.8 Å². The van der Waals surface area contributed by atoms with Gasteiger partial charge in [0.05, 0.1) is 0 Å². The number of likely N-dealkylation sites (N-methyl/N-ethyl adjacent to an activating group) is 1. The van der Waals surface area contributed by atoms with E-state index in [1.54, 1.807) is 0 Å². The molecular weight excluding hydrogens is 439 g/mol. The van der Waals surface area contributed by atoms with Gasteiger partial charge < -0.3 is 20.0 Å². The van der Waals surface area contributed by atoms with Crippen LogP contribution in [0.3, 0.4) is 0 Å². The van der Waals surface area contributed by atoms with Crippen molar-refractivity contribution in [1.82, 2.24) is 20.1 Å². The van der Waals surface area contributed by atoms with E-state index in [0.29, 0.717) is 5.41 Å². The molecule has 7 heteroatoms. The number of pyridine rings is 1. The molecule has 2 fully saturated rings. The van der Waals surface area contributed by atoms with Crippen LogP contribution in [0.2, 0.25) is 0 Å². The van der Waals surface area contributed by atoms with Crippen molar-refractivity contribution in [2.45, 2.75) is 26.8 Å². The normalized spacial score (nSPS) is 20.8. The Hall–Kier alpha value is -1.09. The molecule has 0 radical (unpaired) electrons. The van der Waals surface area contributed by atoms with E-state index in [-0.39, 0.29) is 24.0 Å². The van der Waals surface area contributed by atoms with Gasteiger partial charge in [0.15, 0.2) is 5.96 Å². The predicted molar refractivity (Wildman–Crippen MR) is 120 cm³/mol. The van der Waals surface area contributed by atoms with Gasteiger partial charge in [-0.2, -0.15) is 0 Å². The highest BCUT2D eigenvalue weighted by atomic mass is 127. The lowest BCUT2D eigenvalue weighted by Crippen LogP contribution is -2.44. The Morgan fingerprint density at radius 3 is 2.46 bits per heavy atom. The third-order valence-corrected chi connectivity index (χ3v) is 5.28. The molecular formula is C19H33IN6. The minimum atomic E-state index is 0. The Morgan fingerprint density at radius 2 is 1.92 bits per heavy atom. The number of nitrogens with one attached hydrogen (secondary N) is 1. The molecule has 2 aliphatic heterocycles. The Bertz CT molecular complexity index is 593. The zero-order valence-electron chi connectivity index (χ0n) is 16.5. The molecule has 1 aromatic heterocycles. The third-order valence-electron chi connectivity index (χ3n) is 5.28. The molecule has 3 rings (SSSR count). The van der Waals surface area contributed by atoms with E-state index in [2.05, 4.69) is 63.0 Å². The van der Waals surface area contributed by atoms with Gasteiger partial charge in [0, 0.05) is 59.1 Å². The summed E-state index contributed by atoms with van der Waals surface area (Å²) in [5, 5.41) is 3.49. The zero-order chi connectivity index (χ0) is 17.9. The van der Waals surface area contributed by atoms with Gasteiger partial charge in [-0.1, -0.05) is 19.9 Å². The highest BCUT2D eigenvalue weighted by Crippen LogP contribution is 2.28. The number of aromatic nitrogens is 1. The van der Waals surface area contributed by atoms with Crippen LogP contribution in [0.5, 0.6) is 0 Å². The first-order valence-electron chi connectivity index (χ1n) is 9.31. The van der Waals surface area contributed by atoms with Crippen LogP contribution in [0.15, 0.2) is 23.3 Å². The summed E-state index contributed by atoms with van der Waals surface area (Å²) in [6.07, 6.45) is 3.21. The van der Waals surface area contributed by atoms with Crippen molar-refractivity contribution in [2.75, 3.05) is 58.3 Å². The van der Waals surface area contributed by atoms with Crippen LogP contribution in [-0.4, -0.2) is 74.1 Å². The van der Waals surface area contributed by atoms with Crippen LogP contribution >= 0.6 is 24.0 Å². The molecule has 0 aromatic carbocycles. The summed E-state index contributed by atoms with van der Waals surface area (Å²) in [7, 11) is 4.04. The number of hydrogen-bond donors (Lipinski definition) is 1. The number of rotatable bonds is 3. The summed E-state index contributed by atoms with van der Waals surface area (Å²) >= 11 is 0. The van der Waals surface area contributed by atoms with Gasteiger partial charge in [-0.05, 0) is 30.5 Å².